The zero-order chi connectivity index (χ0) is 14.1. The number of aryl methyl sites for hydroxylation is 1. The first-order chi connectivity index (χ1) is 9.66. The number of nitrogen functional groups attached to an aromatic ring is 1. The normalized spacial score (nSPS) is 10.7. The Bertz CT molecular complexity index is 749. The van der Waals surface area contributed by atoms with Gasteiger partial charge in [0.2, 0.25) is 5.82 Å². The van der Waals surface area contributed by atoms with Crippen LogP contribution in [0.1, 0.15) is 5.56 Å². The first kappa shape index (κ1) is 12.6. The molecule has 3 aromatic rings. The van der Waals surface area contributed by atoms with Gasteiger partial charge in [0.15, 0.2) is 0 Å². The highest BCUT2D eigenvalue weighted by Crippen LogP contribution is 2.30. The molecule has 0 radical (unpaired) electrons. The molecule has 100 valence electrons. The Morgan fingerprint density at radius 3 is 2.80 bits per heavy atom. The minimum Gasteiger partial charge on any atom is -0.398 e. The van der Waals surface area contributed by atoms with Crippen LogP contribution in [0.25, 0.3) is 23.0 Å². The van der Waals surface area contributed by atoms with Gasteiger partial charge < -0.3 is 10.3 Å². The fourth-order valence-corrected chi connectivity index (χ4v) is 2.16. The Kier molecular flexibility index (Phi) is 3.12. The number of benzene rings is 1. The van der Waals surface area contributed by atoms with E-state index < -0.39 is 0 Å². The van der Waals surface area contributed by atoms with Crippen molar-refractivity contribution in [3.63, 3.8) is 0 Å². The second kappa shape index (κ2) is 4.94. The van der Waals surface area contributed by atoms with Crippen LogP contribution in [0.2, 0.25) is 5.02 Å². The largest absolute Gasteiger partial charge is 0.398 e. The smallest absolute Gasteiger partial charge is 0.260 e. The van der Waals surface area contributed by atoms with Crippen LogP contribution in [0.5, 0.6) is 0 Å². The van der Waals surface area contributed by atoms with E-state index in [2.05, 4.69) is 15.1 Å². The fourth-order valence-electron chi connectivity index (χ4n) is 1.95. The van der Waals surface area contributed by atoms with Crippen molar-refractivity contribution in [1.82, 2.24) is 15.1 Å². The van der Waals surface area contributed by atoms with Crippen LogP contribution >= 0.6 is 11.6 Å². The molecule has 2 aromatic heterocycles. The molecule has 2 heterocycles. The van der Waals surface area contributed by atoms with Crippen LogP contribution in [-0.2, 0) is 0 Å². The van der Waals surface area contributed by atoms with Crippen molar-refractivity contribution in [1.29, 1.82) is 0 Å². The summed E-state index contributed by atoms with van der Waals surface area (Å²) in [4.78, 5) is 8.48. The van der Waals surface area contributed by atoms with E-state index in [1.54, 1.807) is 24.4 Å². The number of pyridine rings is 1. The molecule has 6 heteroatoms. The van der Waals surface area contributed by atoms with Gasteiger partial charge in [0, 0.05) is 11.9 Å². The van der Waals surface area contributed by atoms with Crippen LogP contribution < -0.4 is 5.73 Å². The average Bonchev–Trinajstić information content (AvgIpc) is 2.88. The van der Waals surface area contributed by atoms with Crippen molar-refractivity contribution in [2.45, 2.75) is 6.92 Å². The molecule has 2 N–H and O–H groups in total. The molecule has 0 saturated heterocycles. The SMILES string of the molecule is Cc1cccc(N)c1-c1nc(-c2ncccc2Cl)no1. The quantitative estimate of drug-likeness (QED) is 0.731. The monoisotopic (exact) mass is 286 g/mol. The van der Waals surface area contributed by atoms with Gasteiger partial charge in [0.05, 0.1) is 10.6 Å². The van der Waals surface area contributed by atoms with Gasteiger partial charge in [0.25, 0.3) is 5.89 Å². The predicted octanol–water partition coefficient (Wildman–Crippen LogP) is 3.34. The number of nitrogens with two attached hydrogens (primary N) is 1. The lowest BCUT2D eigenvalue weighted by Crippen LogP contribution is -1.93. The summed E-state index contributed by atoms with van der Waals surface area (Å²) in [6.07, 6.45) is 1.62. The average molecular weight is 287 g/mol. The molecule has 0 spiro atoms. The minimum atomic E-state index is 0.341. The molecule has 3 rings (SSSR count). The van der Waals surface area contributed by atoms with Crippen LogP contribution in [0.4, 0.5) is 5.69 Å². The maximum atomic E-state index is 6.07. The third-order valence-corrected chi connectivity index (χ3v) is 3.22. The molecule has 0 fully saturated rings. The van der Waals surface area contributed by atoms with E-state index in [0.717, 1.165) is 11.1 Å². The molecule has 20 heavy (non-hydrogen) atoms. The number of anilines is 1. The molecule has 0 amide bonds. The Balaban J connectivity index is 2.10. The highest BCUT2D eigenvalue weighted by atomic mass is 35.5. The van der Waals surface area contributed by atoms with Gasteiger partial charge in [-0.25, -0.2) is 0 Å². The maximum Gasteiger partial charge on any atom is 0.260 e. The summed E-state index contributed by atoms with van der Waals surface area (Å²) in [7, 11) is 0. The number of halogens is 1. The Morgan fingerprint density at radius 2 is 2.05 bits per heavy atom. The van der Waals surface area contributed by atoms with Crippen molar-refractivity contribution < 1.29 is 4.52 Å². The summed E-state index contributed by atoms with van der Waals surface area (Å²) in [6, 6.07) is 9.07. The van der Waals surface area contributed by atoms with Crippen molar-refractivity contribution in [2.75, 3.05) is 5.73 Å². The summed E-state index contributed by atoms with van der Waals surface area (Å²) in [5.41, 5.74) is 8.73. The number of nitrogens with zero attached hydrogens (tertiary/aromatic N) is 3. The van der Waals surface area contributed by atoms with Gasteiger partial charge in [-0.3, -0.25) is 4.98 Å². The molecular formula is C14H11ClN4O. The Labute approximate surface area is 120 Å². The molecule has 0 aliphatic rings. The first-order valence-corrected chi connectivity index (χ1v) is 6.34. The van der Waals surface area contributed by atoms with E-state index in [1.807, 2.05) is 19.1 Å². The maximum absolute atomic E-state index is 6.07. The van der Waals surface area contributed by atoms with Crippen LogP contribution in [0, 0.1) is 6.92 Å². The number of hydrogen-bond acceptors (Lipinski definition) is 5. The van der Waals surface area contributed by atoms with Crippen LogP contribution in [0.15, 0.2) is 41.1 Å². The van der Waals surface area contributed by atoms with E-state index in [0.29, 0.717) is 28.1 Å². The lowest BCUT2D eigenvalue weighted by Gasteiger charge is -2.03. The predicted molar refractivity (Wildman–Crippen MR) is 77.1 cm³/mol. The van der Waals surface area contributed by atoms with Gasteiger partial charge >= 0.3 is 0 Å². The third-order valence-electron chi connectivity index (χ3n) is 2.92. The molecule has 0 aliphatic heterocycles. The number of hydrogen-bond donors (Lipinski definition) is 1. The lowest BCUT2D eigenvalue weighted by atomic mass is 10.1. The second-order valence-electron chi connectivity index (χ2n) is 4.30. The Morgan fingerprint density at radius 1 is 1.20 bits per heavy atom. The van der Waals surface area contributed by atoms with E-state index in [-0.39, 0.29) is 0 Å². The fraction of sp³-hybridized carbons (Fsp3) is 0.0714. The molecule has 0 bridgehead atoms. The van der Waals surface area contributed by atoms with Gasteiger partial charge in [-0.05, 0) is 30.7 Å². The highest BCUT2D eigenvalue weighted by Gasteiger charge is 2.17. The molecule has 0 aliphatic carbocycles. The third kappa shape index (κ3) is 2.12. The molecule has 5 nitrogen and oxygen atoms in total. The van der Waals surface area contributed by atoms with Crippen LogP contribution in [-0.4, -0.2) is 15.1 Å². The van der Waals surface area contributed by atoms with E-state index in [1.165, 1.54) is 0 Å². The van der Waals surface area contributed by atoms with E-state index >= 15 is 0 Å². The zero-order valence-corrected chi connectivity index (χ0v) is 11.4. The van der Waals surface area contributed by atoms with Crippen molar-refractivity contribution in [2.24, 2.45) is 0 Å². The number of aromatic nitrogens is 3. The second-order valence-corrected chi connectivity index (χ2v) is 4.70. The van der Waals surface area contributed by atoms with Gasteiger partial charge in [-0.1, -0.05) is 28.9 Å². The summed E-state index contributed by atoms with van der Waals surface area (Å²) in [5.74, 6) is 0.700. The lowest BCUT2D eigenvalue weighted by molar-refractivity contribution is 0.432. The van der Waals surface area contributed by atoms with E-state index in [9.17, 15) is 0 Å². The Hall–Kier alpha value is -2.40. The molecule has 0 atom stereocenters. The van der Waals surface area contributed by atoms with Gasteiger partial charge in [-0.15, -0.1) is 0 Å². The standard InChI is InChI=1S/C14H11ClN4O/c1-8-4-2-6-10(16)11(8)14-18-13(19-20-14)12-9(15)5-3-7-17-12/h2-7H,16H2,1H3. The van der Waals surface area contributed by atoms with Crippen molar-refractivity contribution >= 4 is 17.3 Å². The first-order valence-electron chi connectivity index (χ1n) is 5.97. The molecule has 0 unspecified atom stereocenters. The molecule has 1 aromatic carbocycles. The summed E-state index contributed by atoms with van der Waals surface area (Å²) < 4.78 is 5.28. The van der Waals surface area contributed by atoms with Crippen molar-refractivity contribution in [3.8, 4) is 23.0 Å². The zero-order valence-electron chi connectivity index (χ0n) is 10.7. The molecular weight excluding hydrogens is 276 g/mol. The number of rotatable bonds is 2. The highest BCUT2D eigenvalue weighted by molar-refractivity contribution is 6.32. The minimum absolute atomic E-state index is 0.341. The van der Waals surface area contributed by atoms with Gasteiger partial charge in [-0.2, -0.15) is 4.98 Å². The topological polar surface area (TPSA) is 77.8 Å². The van der Waals surface area contributed by atoms with E-state index in [4.69, 9.17) is 21.9 Å². The summed E-state index contributed by atoms with van der Waals surface area (Å²) in [5, 5.41) is 4.39. The van der Waals surface area contributed by atoms with Crippen molar-refractivity contribution in [3.05, 3.63) is 47.1 Å². The van der Waals surface area contributed by atoms with Gasteiger partial charge in [0.1, 0.15) is 5.69 Å². The summed E-state index contributed by atoms with van der Waals surface area (Å²) >= 11 is 6.07. The van der Waals surface area contributed by atoms with Crippen LogP contribution in [0.3, 0.4) is 0 Å². The summed E-state index contributed by atoms with van der Waals surface area (Å²) in [6.45, 7) is 1.93. The molecule has 0 saturated carbocycles.